The molecule has 1 heterocycles. The molecule has 1 aromatic rings. The molecule has 2 rings (SSSR count). The number of nitrogens with one attached hydrogen (secondary N) is 1. The SMILES string of the molecule is CC(=O)Nc1ccc(OS(=O)(=O)C(F)(F)C(=O)N2CCCCC2)cc1. The van der Waals surface area contributed by atoms with Gasteiger partial charge in [-0.25, -0.2) is 0 Å². The van der Waals surface area contributed by atoms with Crippen LogP contribution < -0.4 is 9.50 Å². The Hall–Kier alpha value is -2.23. The van der Waals surface area contributed by atoms with Gasteiger partial charge in [-0.05, 0) is 43.5 Å². The maximum absolute atomic E-state index is 14.2. The Bertz CT molecular complexity index is 744. The third-order valence-corrected chi connectivity index (χ3v) is 4.80. The van der Waals surface area contributed by atoms with E-state index in [0.717, 1.165) is 23.5 Å². The van der Waals surface area contributed by atoms with Crippen LogP contribution >= 0.6 is 0 Å². The summed E-state index contributed by atoms with van der Waals surface area (Å²) in [5.74, 6) is -2.51. The molecule has 2 amide bonds. The van der Waals surface area contributed by atoms with E-state index < -0.39 is 21.3 Å². The Morgan fingerprint density at radius 2 is 1.68 bits per heavy atom. The van der Waals surface area contributed by atoms with E-state index in [1.807, 2.05) is 0 Å². The summed E-state index contributed by atoms with van der Waals surface area (Å²) in [5.41, 5.74) is 0.341. The largest absolute Gasteiger partial charge is 0.458 e. The lowest BCUT2D eigenvalue weighted by molar-refractivity contribution is -0.148. The number of likely N-dealkylation sites (tertiary alicyclic amines) is 1. The quantitative estimate of drug-likeness (QED) is 0.793. The lowest BCUT2D eigenvalue weighted by Crippen LogP contribution is -2.51. The lowest BCUT2D eigenvalue weighted by Gasteiger charge is -2.29. The van der Waals surface area contributed by atoms with Gasteiger partial charge in [0.05, 0.1) is 0 Å². The molecule has 25 heavy (non-hydrogen) atoms. The van der Waals surface area contributed by atoms with Crippen molar-refractivity contribution >= 4 is 27.6 Å². The van der Waals surface area contributed by atoms with E-state index in [2.05, 4.69) is 9.50 Å². The Balaban J connectivity index is 2.13. The van der Waals surface area contributed by atoms with Crippen LogP contribution in [0.4, 0.5) is 14.5 Å². The highest BCUT2D eigenvalue weighted by atomic mass is 32.2. The molecule has 0 radical (unpaired) electrons. The van der Waals surface area contributed by atoms with Crippen LogP contribution in [0.5, 0.6) is 5.75 Å². The van der Waals surface area contributed by atoms with Crippen molar-refractivity contribution in [3.05, 3.63) is 24.3 Å². The molecule has 0 aromatic heterocycles. The third kappa shape index (κ3) is 4.44. The number of halogens is 2. The molecule has 1 N–H and O–H groups in total. The molecule has 1 saturated heterocycles. The van der Waals surface area contributed by atoms with Crippen LogP contribution in [0.1, 0.15) is 26.2 Å². The van der Waals surface area contributed by atoms with Gasteiger partial charge in [0.2, 0.25) is 5.91 Å². The summed E-state index contributed by atoms with van der Waals surface area (Å²) in [4.78, 5) is 23.6. The van der Waals surface area contributed by atoms with Crippen molar-refractivity contribution < 1.29 is 31.0 Å². The van der Waals surface area contributed by atoms with Crippen molar-refractivity contribution in [2.45, 2.75) is 31.4 Å². The topological polar surface area (TPSA) is 92.8 Å². The minimum absolute atomic E-state index is 0.0926. The highest BCUT2D eigenvalue weighted by Crippen LogP contribution is 2.29. The summed E-state index contributed by atoms with van der Waals surface area (Å²) >= 11 is 0. The summed E-state index contributed by atoms with van der Waals surface area (Å²) in [7, 11) is -5.51. The van der Waals surface area contributed by atoms with Crippen molar-refractivity contribution in [3.63, 3.8) is 0 Å². The van der Waals surface area contributed by atoms with Crippen molar-refractivity contribution in [1.29, 1.82) is 0 Å². The summed E-state index contributed by atoms with van der Waals surface area (Å²) in [6, 6.07) is 4.78. The molecule has 0 atom stereocenters. The zero-order valence-corrected chi connectivity index (χ0v) is 14.3. The highest BCUT2D eigenvalue weighted by molar-refractivity contribution is 7.89. The summed E-state index contributed by atoms with van der Waals surface area (Å²) in [6.45, 7) is 1.46. The fraction of sp³-hybridized carbons (Fsp3) is 0.467. The number of anilines is 1. The molecular formula is C15H18F2N2O5S. The van der Waals surface area contributed by atoms with Crippen molar-refractivity contribution in [2.75, 3.05) is 18.4 Å². The van der Waals surface area contributed by atoms with Gasteiger partial charge in [-0.1, -0.05) is 0 Å². The second kappa shape index (κ2) is 7.34. The maximum Gasteiger partial charge on any atom is 0.458 e. The number of hydrogen-bond acceptors (Lipinski definition) is 5. The minimum Gasteiger partial charge on any atom is -0.378 e. The Morgan fingerprint density at radius 3 is 2.20 bits per heavy atom. The molecule has 138 valence electrons. The molecule has 1 fully saturated rings. The zero-order valence-electron chi connectivity index (χ0n) is 13.5. The fourth-order valence-corrected chi connectivity index (χ4v) is 3.18. The van der Waals surface area contributed by atoms with Crippen molar-refractivity contribution in [2.24, 2.45) is 0 Å². The first-order chi connectivity index (χ1) is 11.6. The molecule has 1 aliphatic heterocycles. The standard InChI is InChI=1S/C15H18F2N2O5S/c1-11(20)18-12-5-7-13(8-6-12)24-25(22,23)15(16,17)14(21)19-9-3-2-4-10-19/h5-8H,2-4,9-10H2,1H3,(H,18,20). The first-order valence-electron chi connectivity index (χ1n) is 7.62. The molecule has 10 heteroatoms. The lowest BCUT2D eigenvalue weighted by atomic mass is 10.1. The number of alkyl halides is 2. The van der Waals surface area contributed by atoms with E-state index in [4.69, 9.17) is 0 Å². The van der Waals surface area contributed by atoms with E-state index in [1.54, 1.807) is 0 Å². The number of amides is 2. The van der Waals surface area contributed by atoms with Crippen LogP contribution in [-0.2, 0) is 19.7 Å². The predicted octanol–water partition coefficient (Wildman–Crippen LogP) is 1.96. The van der Waals surface area contributed by atoms with E-state index >= 15 is 0 Å². The van der Waals surface area contributed by atoms with Gasteiger partial charge in [0.1, 0.15) is 5.75 Å². The van der Waals surface area contributed by atoms with Crippen LogP contribution in [0.2, 0.25) is 0 Å². The average molecular weight is 376 g/mol. The number of benzene rings is 1. The normalized spacial score (nSPS) is 15.6. The van der Waals surface area contributed by atoms with E-state index in [1.165, 1.54) is 19.1 Å². The summed E-state index contributed by atoms with van der Waals surface area (Å²) in [5, 5.41) is -2.25. The van der Waals surface area contributed by atoms with Crippen LogP contribution in [0.25, 0.3) is 0 Å². The highest BCUT2D eigenvalue weighted by Gasteiger charge is 2.57. The first kappa shape index (κ1) is 19.1. The number of carbonyl (C=O) groups excluding carboxylic acids is 2. The molecule has 0 saturated carbocycles. The summed E-state index contributed by atoms with van der Waals surface area (Å²) < 4.78 is 56.5. The number of hydrogen-bond donors (Lipinski definition) is 1. The second-order valence-electron chi connectivity index (χ2n) is 5.61. The predicted molar refractivity (Wildman–Crippen MR) is 85.7 cm³/mol. The third-order valence-electron chi connectivity index (χ3n) is 3.59. The van der Waals surface area contributed by atoms with Gasteiger partial charge in [-0.15, -0.1) is 0 Å². The molecule has 0 spiro atoms. The number of carbonyl (C=O) groups is 2. The molecule has 7 nitrogen and oxygen atoms in total. The molecule has 0 bridgehead atoms. The fourth-order valence-electron chi connectivity index (χ4n) is 2.36. The van der Waals surface area contributed by atoms with Gasteiger partial charge in [0.25, 0.3) is 0 Å². The first-order valence-corrected chi connectivity index (χ1v) is 9.03. The molecule has 0 unspecified atom stereocenters. The molecule has 1 aromatic carbocycles. The van der Waals surface area contributed by atoms with Gasteiger partial charge in [0.15, 0.2) is 0 Å². The molecule has 1 aliphatic rings. The maximum atomic E-state index is 14.2. The minimum atomic E-state index is -5.51. The van der Waals surface area contributed by atoms with Crippen LogP contribution in [0.15, 0.2) is 24.3 Å². The van der Waals surface area contributed by atoms with Crippen LogP contribution in [0, 0.1) is 0 Å². The smallest absolute Gasteiger partial charge is 0.378 e. The van der Waals surface area contributed by atoms with Gasteiger partial charge in [-0.3, -0.25) is 9.59 Å². The average Bonchev–Trinajstić information content (AvgIpc) is 2.56. The monoisotopic (exact) mass is 376 g/mol. The number of rotatable bonds is 5. The summed E-state index contributed by atoms with van der Waals surface area (Å²) in [6.07, 6.45) is 1.90. The van der Waals surface area contributed by atoms with E-state index in [9.17, 15) is 26.8 Å². The van der Waals surface area contributed by atoms with E-state index in [-0.39, 0.29) is 24.7 Å². The van der Waals surface area contributed by atoms with Crippen molar-refractivity contribution in [1.82, 2.24) is 4.90 Å². The Kier molecular flexibility index (Phi) is 5.61. The Morgan fingerprint density at radius 1 is 1.12 bits per heavy atom. The molecule has 0 aliphatic carbocycles. The number of piperidine rings is 1. The van der Waals surface area contributed by atoms with Crippen LogP contribution in [-0.4, -0.2) is 43.5 Å². The zero-order chi connectivity index (χ0) is 18.7. The van der Waals surface area contributed by atoms with Gasteiger partial charge in [-0.2, -0.15) is 17.2 Å². The number of nitrogens with zero attached hydrogens (tertiary/aromatic N) is 1. The second-order valence-corrected chi connectivity index (χ2v) is 7.20. The van der Waals surface area contributed by atoms with Crippen LogP contribution in [0.3, 0.4) is 0 Å². The molecular weight excluding hydrogens is 358 g/mol. The Labute approximate surface area is 144 Å². The van der Waals surface area contributed by atoms with Crippen molar-refractivity contribution in [3.8, 4) is 5.75 Å². The van der Waals surface area contributed by atoms with Gasteiger partial charge >= 0.3 is 21.3 Å². The van der Waals surface area contributed by atoms with Gasteiger partial charge < -0.3 is 14.4 Å². The van der Waals surface area contributed by atoms with E-state index in [0.29, 0.717) is 18.5 Å². The van der Waals surface area contributed by atoms with Gasteiger partial charge in [0, 0.05) is 25.7 Å².